The van der Waals surface area contributed by atoms with Gasteiger partial charge in [0.05, 0.1) is 0 Å². The van der Waals surface area contributed by atoms with Crippen molar-refractivity contribution in [2.75, 3.05) is 0 Å². The molecule has 0 aliphatic carbocycles. The summed E-state index contributed by atoms with van der Waals surface area (Å²) in [5, 5.41) is 0. The third-order valence-corrected chi connectivity index (χ3v) is 1.70. The van der Waals surface area contributed by atoms with E-state index in [-0.39, 0.29) is 12.1 Å². The number of carbonyl (C=O) groups excluding carboxylic acids is 1. The fourth-order valence-corrected chi connectivity index (χ4v) is 1.27. The van der Waals surface area contributed by atoms with Crippen molar-refractivity contribution >= 4 is 5.97 Å². The summed E-state index contributed by atoms with van der Waals surface area (Å²) in [6.07, 6.45) is 2.78. The number of cyclic esters (lactones) is 1. The fourth-order valence-electron chi connectivity index (χ4n) is 1.27. The van der Waals surface area contributed by atoms with Crippen molar-refractivity contribution in [3.8, 4) is 0 Å². The Morgan fingerprint density at radius 1 is 1.70 bits per heavy atom. The number of carbonyl (C=O) groups is 1. The lowest BCUT2D eigenvalue weighted by Crippen LogP contribution is -2.09. The molecule has 0 unspecified atom stereocenters. The van der Waals surface area contributed by atoms with Gasteiger partial charge in [0.25, 0.3) is 0 Å². The van der Waals surface area contributed by atoms with Gasteiger partial charge in [-0.3, -0.25) is 4.79 Å². The molecule has 0 N–H and O–H groups in total. The molecular formula is C8H14O2. The van der Waals surface area contributed by atoms with Crippen molar-refractivity contribution in [1.29, 1.82) is 0 Å². The molecule has 0 amide bonds. The molecule has 1 atom stereocenters. The van der Waals surface area contributed by atoms with Crippen LogP contribution in [0.25, 0.3) is 0 Å². The Morgan fingerprint density at radius 3 is 2.80 bits per heavy atom. The van der Waals surface area contributed by atoms with Gasteiger partial charge < -0.3 is 4.74 Å². The third-order valence-electron chi connectivity index (χ3n) is 1.70. The highest BCUT2D eigenvalue weighted by molar-refractivity contribution is 5.71. The normalized spacial score (nSPS) is 25.5. The molecular weight excluding hydrogens is 128 g/mol. The highest BCUT2D eigenvalue weighted by atomic mass is 16.5. The first-order valence-corrected chi connectivity index (χ1v) is 3.88. The predicted octanol–water partition coefficient (Wildman–Crippen LogP) is 1.74. The van der Waals surface area contributed by atoms with Gasteiger partial charge in [0.1, 0.15) is 6.10 Å². The van der Waals surface area contributed by atoms with Gasteiger partial charge in [-0.2, -0.15) is 0 Å². The second kappa shape index (κ2) is 3.04. The number of hydrogen-bond acceptors (Lipinski definition) is 2. The summed E-state index contributed by atoms with van der Waals surface area (Å²) < 4.78 is 5.03. The highest BCUT2D eigenvalue weighted by Gasteiger charge is 2.23. The first kappa shape index (κ1) is 7.58. The van der Waals surface area contributed by atoms with E-state index in [4.69, 9.17) is 4.74 Å². The quantitative estimate of drug-likeness (QED) is 0.549. The SMILES string of the molecule is CC(C)C[C@H]1CCC(=O)O1. The van der Waals surface area contributed by atoms with Gasteiger partial charge in [-0.15, -0.1) is 0 Å². The molecule has 1 rings (SSSR count). The summed E-state index contributed by atoms with van der Waals surface area (Å²) in [5.41, 5.74) is 0. The van der Waals surface area contributed by atoms with Gasteiger partial charge in [0, 0.05) is 6.42 Å². The van der Waals surface area contributed by atoms with Crippen molar-refractivity contribution in [2.24, 2.45) is 5.92 Å². The van der Waals surface area contributed by atoms with Crippen molar-refractivity contribution < 1.29 is 9.53 Å². The van der Waals surface area contributed by atoms with Crippen LogP contribution in [0.2, 0.25) is 0 Å². The van der Waals surface area contributed by atoms with Crippen LogP contribution in [-0.2, 0) is 9.53 Å². The van der Waals surface area contributed by atoms with Gasteiger partial charge >= 0.3 is 5.97 Å². The van der Waals surface area contributed by atoms with E-state index < -0.39 is 0 Å². The van der Waals surface area contributed by atoms with Gasteiger partial charge in [-0.25, -0.2) is 0 Å². The Hall–Kier alpha value is -0.530. The lowest BCUT2D eigenvalue weighted by Gasteiger charge is -2.10. The second-order valence-corrected chi connectivity index (χ2v) is 3.28. The fraction of sp³-hybridized carbons (Fsp3) is 0.875. The molecule has 1 saturated heterocycles. The topological polar surface area (TPSA) is 26.3 Å². The Labute approximate surface area is 61.6 Å². The Bertz CT molecular complexity index is 129. The Balaban J connectivity index is 2.24. The van der Waals surface area contributed by atoms with E-state index in [0.717, 1.165) is 12.8 Å². The Morgan fingerprint density at radius 2 is 2.40 bits per heavy atom. The average molecular weight is 142 g/mol. The van der Waals surface area contributed by atoms with Crippen LogP contribution < -0.4 is 0 Å². The van der Waals surface area contributed by atoms with E-state index in [9.17, 15) is 4.79 Å². The van der Waals surface area contributed by atoms with Crippen molar-refractivity contribution in [2.45, 2.75) is 39.2 Å². The minimum absolute atomic E-state index is 0.0225. The molecule has 0 bridgehead atoms. The van der Waals surface area contributed by atoms with Crippen LogP contribution in [-0.4, -0.2) is 12.1 Å². The Kier molecular flexibility index (Phi) is 2.30. The van der Waals surface area contributed by atoms with E-state index in [0.29, 0.717) is 12.3 Å². The zero-order chi connectivity index (χ0) is 7.56. The van der Waals surface area contributed by atoms with Crippen LogP contribution in [0.15, 0.2) is 0 Å². The standard InChI is InChI=1S/C8H14O2/c1-6(2)5-7-3-4-8(9)10-7/h6-7H,3-5H2,1-2H3/t7-/m1/s1. The van der Waals surface area contributed by atoms with Gasteiger partial charge in [0.2, 0.25) is 0 Å². The smallest absolute Gasteiger partial charge is 0.306 e. The molecule has 0 radical (unpaired) electrons. The first-order valence-electron chi connectivity index (χ1n) is 3.88. The molecule has 0 spiro atoms. The van der Waals surface area contributed by atoms with Crippen LogP contribution in [0.5, 0.6) is 0 Å². The van der Waals surface area contributed by atoms with Crippen LogP contribution in [0.3, 0.4) is 0 Å². The van der Waals surface area contributed by atoms with Gasteiger partial charge in [-0.05, 0) is 18.8 Å². The summed E-state index contributed by atoms with van der Waals surface area (Å²) in [6, 6.07) is 0. The number of hydrogen-bond donors (Lipinski definition) is 0. The van der Waals surface area contributed by atoms with Crippen LogP contribution in [0, 0.1) is 5.92 Å². The summed E-state index contributed by atoms with van der Waals surface area (Å²) >= 11 is 0. The average Bonchev–Trinajstić information content (AvgIpc) is 2.13. The van der Waals surface area contributed by atoms with Crippen LogP contribution >= 0.6 is 0 Å². The van der Waals surface area contributed by atoms with Crippen molar-refractivity contribution in [3.63, 3.8) is 0 Å². The summed E-state index contributed by atoms with van der Waals surface area (Å²) in [6.45, 7) is 4.29. The number of rotatable bonds is 2. The lowest BCUT2D eigenvalue weighted by molar-refractivity contribution is -0.141. The highest BCUT2D eigenvalue weighted by Crippen LogP contribution is 2.20. The molecule has 2 nitrogen and oxygen atoms in total. The number of ether oxygens (including phenoxy) is 1. The maximum Gasteiger partial charge on any atom is 0.306 e. The van der Waals surface area contributed by atoms with Crippen LogP contribution in [0.1, 0.15) is 33.1 Å². The van der Waals surface area contributed by atoms with E-state index in [1.165, 1.54) is 0 Å². The monoisotopic (exact) mass is 142 g/mol. The summed E-state index contributed by atoms with van der Waals surface area (Å²) in [7, 11) is 0. The summed E-state index contributed by atoms with van der Waals surface area (Å²) in [5.74, 6) is 0.613. The summed E-state index contributed by atoms with van der Waals surface area (Å²) in [4.78, 5) is 10.6. The largest absolute Gasteiger partial charge is 0.462 e. The van der Waals surface area contributed by atoms with E-state index in [1.54, 1.807) is 0 Å². The molecule has 1 aliphatic rings. The molecule has 1 aliphatic heterocycles. The third kappa shape index (κ3) is 2.01. The van der Waals surface area contributed by atoms with Gasteiger partial charge in [-0.1, -0.05) is 13.8 Å². The van der Waals surface area contributed by atoms with Crippen LogP contribution in [0.4, 0.5) is 0 Å². The minimum atomic E-state index is -0.0225. The first-order chi connectivity index (χ1) is 4.68. The molecule has 10 heavy (non-hydrogen) atoms. The molecule has 1 heterocycles. The van der Waals surface area contributed by atoms with E-state index in [1.807, 2.05) is 0 Å². The second-order valence-electron chi connectivity index (χ2n) is 3.28. The molecule has 58 valence electrons. The number of esters is 1. The molecule has 0 saturated carbocycles. The zero-order valence-corrected chi connectivity index (χ0v) is 6.59. The molecule has 0 aromatic carbocycles. The molecule has 0 aromatic rings. The predicted molar refractivity (Wildman–Crippen MR) is 38.6 cm³/mol. The van der Waals surface area contributed by atoms with E-state index >= 15 is 0 Å². The van der Waals surface area contributed by atoms with Gasteiger partial charge in [0.15, 0.2) is 0 Å². The van der Waals surface area contributed by atoms with Crippen molar-refractivity contribution in [1.82, 2.24) is 0 Å². The minimum Gasteiger partial charge on any atom is -0.462 e. The lowest BCUT2D eigenvalue weighted by atomic mass is 10.0. The van der Waals surface area contributed by atoms with Crippen molar-refractivity contribution in [3.05, 3.63) is 0 Å². The van der Waals surface area contributed by atoms with E-state index in [2.05, 4.69) is 13.8 Å². The molecule has 2 heteroatoms. The molecule has 1 fully saturated rings. The maximum atomic E-state index is 10.6. The molecule has 0 aromatic heterocycles. The zero-order valence-electron chi connectivity index (χ0n) is 6.59. The maximum absolute atomic E-state index is 10.6.